The molecule has 0 aromatic heterocycles. The molecule has 0 radical (unpaired) electrons. The minimum absolute atomic E-state index is 0.299. The van der Waals surface area contributed by atoms with E-state index in [0.717, 1.165) is 32.1 Å². The van der Waals surface area contributed by atoms with Gasteiger partial charge in [-0.3, -0.25) is 9.80 Å². The molecule has 3 nitrogen and oxygen atoms in total. The van der Waals surface area contributed by atoms with Crippen molar-refractivity contribution in [3.05, 3.63) is 35.4 Å². The molecule has 3 rings (SSSR count). The second-order valence-electron chi connectivity index (χ2n) is 6.64. The van der Waals surface area contributed by atoms with Crippen molar-refractivity contribution >= 4 is 0 Å². The lowest BCUT2D eigenvalue weighted by atomic mass is 9.90. The summed E-state index contributed by atoms with van der Waals surface area (Å²) in [5, 5.41) is 9.41. The summed E-state index contributed by atoms with van der Waals surface area (Å²) in [4.78, 5) is 5.24. The third kappa shape index (κ3) is 3.47. The van der Waals surface area contributed by atoms with Gasteiger partial charge in [-0.25, -0.2) is 0 Å². The van der Waals surface area contributed by atoms with Gasteiger partial charge in [0.1, 0.15) is 0 Å². The van der Waals surface area contributed by atoms with Gasteiger partial charge in [0.2, 0.25) is 0 Å². The normalized spacial score (nSPS) is 25.0. The van der Waals surface area contributed by atoms with E-state index in [0.29, 0.717) is 12.6 Å². The van der Waals surface area contributed by atoms with Crippen molar-refractivity contribution in [1.82, 2.24) is 9.80 Å². The molecule has 1 aromatic rings. The molecule has 1 heterocycles. The van der Waals surface area contributed by atoms with Crippen molar-refractivity contribution in [2.45, 2.75) is 51.2 Å². The Balaban J connectivity index is 1.65. The molecule has 1 aliphatic heterocycles. The van der Waals surface area contributed by atoms with Crippen LogP contribution in [0, 0.1) is 6.92 Å². The zero-order valence-electron chi connectivity index (χ0n) is 13.2. The second kappa shape index (κ2) is 6.91. The first kappa shape index (κ1) is 15.0. The zero-order valence-corrected chi connectivity index (χ0v) is 13.2. The van der Waals surface area contributed by atoms with Gasteiger partial charge in [0, 0.05) is 44.9 Å². The average Bonchev–Trinajstić information content (AvgIpc) is 2.42. The summed E-state index contributed by atoms with van der Waals surface area (Å²) in [7, 11) is 0. The molecule has 0 bridgehead atoms. The Morgan fingerprint density at radius 1 is 1.19 bits per heavy atom. The lowest BCUT2D eigenvalue weighted by Gasteiger charge is -2.47. The van der Waals surface area contributed by atoms with E-state index in [1.807, 2.05) is 0 Å². The van der Waals surface area contributed by atoms with E-state index in [-0.39, 0.29) is 0 Å². The quantitative estimate of drug-likeness (QED) is 0.901. The molecular weight excluding hydrogens is 260 g/mol. The third-order valence-corrected chi connectivity index (χ3v) is 5.32. The van der Waals surface area contributed by atoms with Crippen molar-refractivity contribution in [2.24, 2.45) is 0 Å². The van der Waals surface area contributed by atoms with Crippen LogP contribution in [0.5, 0.6) is 0 Å². The summed E-state index contributed by atoms with van der Waals surface area (Å²) >= 11 is 0. The van der Waals surface area contributed by atoms with E-state index in [1.165, 1.54) is 36.9 Å². The number of piperazine rings is 1. The van der Waals surface area contributed by atoms with E-state index in [4.69, 9.17) is 0 Å². The van der Waals surface area contributed by atoms with Crippen LogP contribution in [0.4, 0.5) is 0 Å². The zero-order chi connectivity index (χ0) is 14.7. The summed E-state index contributed by atoms with van der Waals surface area (Å²) in [5.41, 5.74) is 2.80. The number of nitrogens with zero attached hydrogens (tertiary/aromatic N) is 2. The van der Waals surface area contributed by atoms with Crippen LogP contribution in [0.1, 0.15) is 36.8 Å². The van der Waals surface area contributed by atoms with Crippen molar-refractivity contribution in [3.63, 3.8) is 0 Å². The van der Waals surface area contributed by atoms with Crippen molar-refractivity contribution in [1.29, 1.82) is 0 Å². The van der Waals surface area contributed by atoms with E-state index in [2.05, 4.69) is 41.0 Å². The van der Waals surface area contributed by atoms with Crippen molar-refractivity contribution in [3.8, 4) is 0 Å². The molecule has 0 unspecified atom stereocenters. The van der Waals surface area contributed by atoms with Crippen LogP contribution in [-0.4, -0.2) is 53.2 Å². The third-order valence-electron chi connectivity index (χ3n) is 5.32. The van der Waals surface area contributed by atoms with Crippen LogP contribution in [0.25, 0.3) is 0 Å². The number of hydrogen-bond acceptors (Lipinski definition) is 3. The van der Waals surface area contributed by atoms with Crippen LogP contribution in [0.15, 0.2) is 24.3 Å². The molecule has 1 saturated heterocycles. The molecule has 1 aliphatic carbocycles. The summed E-state index contributed by atoms with van der Waals surface area (Å²) in [6.45, 7) is 6.98. The standard InChI is InChI=1S/C18H28N2O/c1-15-5-2-3-6-16(15)13-19-10-11-20(17-7-4-8-17)14-18(19)9-12-21/h2-3,5-6,17-18,21H,4,7-14H2,1H3/t18-/m1/s1. The molecule has 1 atom stereocenters. The molecule has 2 aliphatic rings. The molecule has 21 heavy (non-hydrogen) atoms. The number of benzene rings is 1. The van der Waals surface area contributed by atoms with Gasteiger partial charge in [-0.2, -0.15) is 0 Å². The number of rotatable bonds is 5. The van der Waals surface area contributed by atoms with Crippen LogP contribution >= 0.6 is 0 Å². The maximum absolute atomic E-state index is 9.41. The van der Waals surface area contributed by atoms with E-state index in [9.17, 15) is 5.11 Å². The fourth-order valence-electron chi connectivity index (χ4n) is 3.64. The molecule has 116 valence electrons. The average molecular weight is 288 g/mol. The van der Waals surface area contributed by atoms with Gasteiger partial charge < -0.3 is 5.11 Å². The number of aliphatic hydroxyl groups is 1. The van der Waals surface area contributed by atoms with Gasteiger partial charge in [-0.15, -0.1) is 0 Å². The molecule has 1 saturated carbocycles. The lowest BCUT2D eigenvalue weighted by molar-refractivity contribution is 0.0111. The van der Waals surface area contributed by atoms with Crippen LogP contribution < -0.4 is 0 Å². The van der Waals surface area contributed by atoms with Gasteiger partial charge in [0.25, 0.3) is 0 Å². The molecule has 0 amide bonds. The fourth-order valence-corrected chi connectivity index (χ4v) is 3.64. The van der Waals surface area contributed by atoms with Crippen LogP contribution in [-0.2, 0) is 6.54 Å². The maximum Gasteiger partial charge on any atom is 0.0446 e. The van der Waals surface area contributed by atoms with Crippen molar-refractivity contribution in [2.75, 3.05) is 26.2 Å². The van der Waals surface area contributed by atoms with Crippen molar-refractivity contribution < 1.29 is 5.11 Å². The molecule has 2 fully saturated rings. The Morgan fingerprint density at radius 2 is 2.00 bits per heavy atom. The number of aryl methyl sites for hydroxylation is 1. The topological polar surface area (TPSA) is 26.7 Å². The lowest BCUT2D eigenvalue weighted by Crippen LogP contribution is -2.57. The number of aliphatic hydroxyl groups excluding tert-OH is 1. The minimum atomic E-state index is 0.299. The Bertz CT molecular complexity index is 458. The summed E-state index contributed by atoms with van der Waals surface area (Å²) in [6, 6.07) is 10.0. The predicted molar refractivity (Wildman–Crippen MR) is 86.3 cm³/mol. The first-order valence-electron chi connectivity index (χ1n) is 8.41. The first-order chi connectivity index (χ1) is 10.3. The molecule has 0 spiro atoms. The van der Waals surface area contributed by atoms with Gasteiger partial charge >= 0.3 is 0 Å². The predicted octanol–water partition coefficient (Wildman–Crippen LogP) is 2.42. The van der Waals surface area contributed by atoms with E-state index >= 15 is 0 Å². The molecule has 3 heteroatoms. The highest BCUT2D eigenvalue weighted by Gasteiger charge is 2.32. The molecule has 1 aromatic carbocycles. The summed E-state index contributed by atoms with van der Waals surface area (Å²) in [5.74, 6) is 0. The summed E-state index contributed by atoms with van der Waals surface area (Å²) < 4.78 is 0. The Morgan fingerprint density at radius 3 is 2.67 bits per heavy atom. The first-order valence-corrected chi connectivity index (χ1v) is 8.41. The van der Waals surface area contributed by atoms with Gasteiger partial charge in [-0.1, -0.05) is 30.7 Å². The smallest absolute Gasteiger partial charge is 0.0446 e. The maximum atomic E-state index is 9.41. The highest BCUT2D eigenvalue weighted by atomic mass is 16.3. The minimum Gasteiger partial charge on any atom is -0.396 e. The van der Waals surface area contributed by atoms with E-state index in [1.54, 1.807) is 0 Å². The monoisotopic (exact) mass is 288 g/mol. The second-order valence-corrected chi connectivity index (χ2v) is 6.64. The Kier molecular flexibility index (Phi) is 4.94. The molecule has 1 N–H and O–H groups in total. The molecular formula is C18H28N2O. The summed E-state index contributed by atoms with van der Waals surface area (Å²) in [6.07, 6.45) is 5.06. The van der Waals surface area contributed by atoms with E-state index < -0.39 is 0 Å². The van der Waals surface area contributed by atoms with Gasteiger partial charge in [-0.05, 0) is 37.3 Å². The number of hydrogen-bond donors (Lipinski definition) is 1. The fraction of sp³-hybridized carbons (Fsp3) is 0.667. The highest BCUT2D eigenvalue weighted by molar-refractivity contribution is 5.25. The van der Waals surface area contributed by atoms with Crippen LogP contribution in [0.2, 0.25) is 0 Å². The Hall–Kier alpha value is -0.900. The Labute approximate surface area is 128 Å². The highest BCUT2D eigenvalue weighted by Crippen LogP contribution is 2.28. The van der Waals surface area contributed by atoms with Crippen LogP contribution in [0.3, 0.4) is 0 Å². The van der Waals surface area contributed by atoms with Gasteiger partial charge in [0.05, 0.1) is 0 Å². The van der Waals surface area contributed by atoms with Gasteiger partial charge in [0.15, 0.2) is 0 Å². The SMILES string of the molecule is Cc1ccccc1CN1CCN(C2CCC2)C[C@H]1CCO. The largest absolute Gasteiger partial charge is 0.396 e.